The number of rotatable bonds is 2. The Kier molecular flexibility index (Phi) is 3.15. The highest BCUT2D eigenvalue weighted by molar-refractivity contribution is 5.34. The molecule has 0 aromatic carbocycles. The first-order valence-electron chi connectivity index (χ1n) is 5.98. The van der Waals surface area contributed by atoms with Gasteiger partial charge in [0.1, 0.15) is 0 Å². The highest BCUT2D eigenvalue weighted by Crippen LogP contribution is 2.28. The molecule has 3 heteroatoms. The maximum absolute atomic E-state index is 5.63. The molecule has 1 saturated heterocycles. The number of aromatic nitrogens is 1. The van der Waals surface area contributed by atoms with Crippen LogP contribution in [0.2, 0.25) is 0 Å². The summed E-state index contributed by atoms with van der Waals surface area (Å²) >= 11 is 0. The van der Waals surface area contributed by atoms with Crippen LogP contribution >= 0.6 is 0 Å². The molecule has 1 fully saturated rings. The first kappa shape index (κ1) is 11.4. The van der Waals surface area contributed by atoms with Gasteiger partial charge in [0.05, 0.1) is 17.6 Å². The van der Waals surface area contributed by atoms with Gasteiger partial charge < -0.3 is 5.73 Å². The molecule has 88 valence electrons. The third-order valence-corrected chi connectivity index (χ3v) is 3.21. The Morgan fingerprint density at radius 1 is 1.44 bits per heavy atom. The van der Waals surface area contributed by atoms with Gasteiger partial charge in [-0.05, 0) is 36.9 Å². The molecule has 2 N–H and O–H groups in total. The fourth-order valence-electron chi connectivity index (χ4n) is 2.44. The summed E-state index contributed by atoms with van der Waals surface area (Å²) in [6, 6.07) is 3.95. The summed E-state index contributed by atoms with van der Waals surface area (Å²) in [5, 5.41) is 0. The minimum Gasteiger partial charge on any atom is -0.397 e. The molecule has 1 aliphatic heterocycles. The normalized spacial score (nSPS) is 20.9. The first-order valence-corrected chi connectivity index (χ1v) is 5.98. The molecule has 1 aromatic rings. The predicted octanol–water partition coefficient (Wildman–Crippen LogP) is 2.29. The smallest absolute Gasteiger partial charge is 0.0545 e. The van der Waals surface area contributed by atoms with Gasteiger partial charge in [-0.25, -0.2) is 0 Å². The number of anilines is 1. The molecule has 0 bridgehead atoms. The SMILES string of the molecule is CC1(C)CCCN(Cc2ccc(N)cn2)C1. The lowest BCUT2D eigenvalue weighted by atomic mass is 9.84. The molecule has 3 nitrogen and oxygen atoms in total. The first-order chi connectivity index (χ1) is 7.55. The number of piperidine rings is 1. The Bertz CT molecular complexity index is 343. The Morgan fingerprint density at radius 2 is 2.25 bits per heavy atom. The average molecular weight is 219 g/mol. The molecule has 16 heavy (non-hydrogen) atoms. The summed E-state index contributed by atoms with van der Waals surface area (Å²) < 4.78 is 0. The molecule has 0 radical (unpaired) electrons. The van der Waals surface area contributed by atoms with Gasteiger partial charge in [0.25, 0.3) is 0 Å². The van der Waals surface area contributed by atoms with Gasteiger partial charge in [-0.1, -0.05) is 13.8 Å². The van der Waals surface area contributed by atoms with Gasteiger partial charge in [-0.2, -0.15) is 0 Å². The fourth-order valence-corrected chi connectivity index (χ4v) is 2.44. The third-order valence-electron chi connectivity index (χ3n) is 3.21. The Labute approximate surface area is 97.7 Å². The number of pyridine rings is 1. The van der Waals surface area contributed by atoms with Gasteiger partial charge in [0, 0.05) is 13.1 Å². The van der Waals surface area contributed by atoms with E-state index in [1.54, 1.807) is 6.20 Å². The number of nitrogen functional groups attached to an aromatic ring is 1. The maximum Gasteiger partial charge on any atom is 0.0545 e. The van der Waals surface area contributed by atoms with E-state index in [0.717, 1.165) is 17.9 Å². The van der Waals surface area contributed by atoms with Gasteiger partial charge in [-0.3, -0.25) is 9.88 Å². The van der Waals surface area contributed by atoms with Crippen LogP contribution in [0, 0.1) is 5.41 Å². The van der Waals surface area contributed by atoms with Gasteiger partial charge in [0.15, 0.2) is 0 Å². The number of likely N-dealkylation sites (tertiary alicyclic amines) is 1. The van der Waals surface area contributed by atoms with Crippen molar-refractivity contribution in [1.29, 1.82) is 0 Å². The maximum atomic E-state index is 5.63. The highest BCUT2D eigenvalue weighted by Gasteiger charge is 2.26. The quantitative estimate of drug-likeness (QED) is 0.829. The highest BCUT2D eigenvalue weighted by atomic mass is 15.1. The molecule has 1 aliphatic rings. The second-order valence-corrected chi connectivity index (χ2v) is 5.56. The van der Waals surface area contributed by atoms with E-state index < -0.39 is 0 Å². The zero-order valence-corrected chi connectivity index (χ0v) is 10.2. The lowest BCUT2D eigenvalue weighted by molar-refractivity contribution is 0.110. The molecule has 0 aliphatic carbocycles. The van der Waals surface area contributed by atoms with Crippen molar-refractivity contribution < 1.29 is 0 Å². The van der Waals surface area contributed by atoms with Crippen LogP contribution in [0.25, 0.3) is 0 Å². The van der Waals surface area contributed by atoms with Crippen LogP contribution in [0.5, 0.6) is 0 Å². The fraction of sp³-hybridized carbons (Fsp3) is 0.615. The zero-order valence-electron chi connectivity index (χ0n) is 10.2. The topological polar surface area (TPSA) is 42.1 Å². The van der Waals surface area contributed by atoms with Crippen molar-refractivity contribution in [1.82, 2.24) is 9.88 Å². The lowest BCUT2D eigenvalue weighted by Gasteiger charge is -2.37. The van der Waals surface area contributed by atoms with Gasteiger partial charge in [-0.15, -0.1) is 0 Å². The van der Waals surface area contributed by atoms with Crippen LogP contribution in [-0.4, -0.2) is 23.0 Å². The van der Waals surface area contributed by atoms with Crippen molar-refractivity contribution in [3.8, 4) is 0 Å². The van der Waals surface area contributed by atoms with Gasteiger partial charge in [0.2, 0.25) is 0 Å². The molecule has 0 spiro atoms. The standard InChI is InChI=1S/C13H21N3/c1-13(2)6-3-7-16(10-13)9-12-5-4-11(14)8-15-12/h4-5,8H,3,6-7,9-10,14H2,1-2H3. The Morgan fingerprint density at radius 3 is 2.88 bits per heavy atom. The van der Waals surface area contributed by atoms with E-state index in [1.165, 1.54) is 25.9 Å². The summed E-state index contributed by atoms with van der Waals surface area (Å²) in [6.07, 6.45) is 4.37. The molecule has 0 amide bonds. The summed E-state index contributed by atoms with van der Waals surface area (Å²) in [5.74, 6) is 0. The molecule has 0 unspecified atom stereocenters. The summed E-state index contributed by atoms with van der Waals surface area (Å²) in [5.41, 5.74) is 7.93. The molecule has 0 saturated carbocycles. The van der Waals surface area contributed by atoms with E-state index in [2.05, 4.69) is 23.7 Å². The predicted molar refractivity (Wildman–Crippen MR) is 66.9 cm³/mol. The van der Waals surface area contributed by atoms with Crippen molar-refractivity contribution >= 4 is 5.69 Å². The Balaban J connectivity index is 1.97. The zero-order chi connectivity index (χ0) is 11.6. The summed E-state index contributed by atoms with van der Waals surface area (Å²) in [6.45, 7) is 7.99. The van der Waals surface area contributed by atoms with E-state index in [9.17, 15) is 0 Å². The van der Waals surface area contributed by atoms with Crippen LogP contribution in [0.4, 0.5) is 5.69 Å². The molecule has 2 heterocycles. The van der Waals surface area contributed by atoms with Crippen LogP contribution in [0.15, 0.2) is 18.3 Å². The number of hydrogen-bond acceptors (Lipinski definition) is 3. The number of hydrogen-bond donors (Lipinski definition) is 1. The van der Waals surface area contributed by atoms with Crippen molar-refractivity contribution in [2.75, 3.05) is 18.8 Å². The van der Waals surface area contributed by atoms with Crippen LogP contribution in [-0.2, 0) is 6.54 Å². The van der Waals surface area contributed by atoms with Crippen molar-refractivity contribution in [3.63, 3.8) is 0 Å². The average Bonchev–Trinajstić information content (AvgIpc) is 2.20. The van der Waals surface area contributed by atoms with Gasteiger partial charge >= 0.3 is 0 Å². The molecule has 2 rings (SSSR count). The molecule has 1 aromatic heterocycles. The third kappa shape index (κ3) is 2.95. The number of nitrogens with two attached hydrogens (primary N) is 1. The number of nitrogens with zero attached hydrogens (tertiary/aromatic N) is 2. The monoisotopic (exact) mass is 219 g/mol. The van der Waals surface area contributed by atoms with E-state index in [4.69, 9.17) is 5.73 Å². The van der Waals surface area contributed by atoms with Crippen molar-refractivity contribution in [3.05, 3.63) is 24.0 Å². The van der Waals surface area contributed by atoms with E-state index >= 15 is 0 Å². The van der Waals surface area contributed by atoms with Crippen LogP contribution < -0.4 is 5.73 Å². The van der Waals surface area contributed by atoms with E-state index in [-0.39, 0.29) is 0 Å². The second-order valence-electron chi connectivity index (χ2n) is 5.56. The molecule has 0 atom stereocenters. The van der Waals surface area contributed by atoms with Crippen molar-refractivity contribution in [2.45, 2.75) is 33.2 Å². The van der Waals surface area contributed by atoms with Crippen LogP contribution in [0.1, 0.15) is 32.4 Å². The summed E-state index contributed by atoms with van der Waals surface area (Å²) in [7, 11) is 0. The van der Waals surface area contributed by atoms with Crippen molar-refractivity contribution in [2.24, 2.45) is 5.41 Å². The Hall–Kier alpha value is -1.09. The minimum atomic E-state index is 0.450. The second kappa shape index (κ2) is 4.42. The van der Waals surface area contributed by atoms with E-state index in [1.807, 2.05) is 12.1 Å². The molecular formula is C13H21N3. The minimum absolute atomic E-state index is 0.450. The largest absolute Gasteiger partial charge is 0.397 e. The van der Waals surface area contributed by atoms with Crippen LogP contribution in [0.3, 0.4) is 0 Å². The molecular weight excluding hydrogens is 198 g/mol. The lowest BCUT2D eigenvalue weighted by Crippen LogP contribution is -2.39. The van der Waals surface area contributed by atoms with E-state index in [0.29, 0.717) is 5.41 Å². The summed E-state index contributed by atoms with van der Waals surface area (Å²) in [4.78, 5) is 6.84.